The predicted octanol–water partition coefficient (Wildman–Crippen LogP) is 2.72. The summed E-state index contributed by atoms with van der Waals surface area (Å²) in [6.07, 6.45) is 0.0214. The maximum absolute atomic E-state index is 13.2. The van der Waals surface area contributed by atoms with Crippen molar-refractivity contribution in [1.82, 2.24) is 5.32 Å². The van der Waals surface area contributed by atoms with Gasteiger partial charge in [0.2, 0.25) is 5.91 Å². The molecule has 1 N–H and O–H groups in total. The van der Waals surface area contributed by atoms with Crippen LogP contribution in [0.5, 0.6) is 0 Å². The molecule has 2 aromatic rings. The fourth-order valence-corrected chi connectivity index (χ4v) is 2.55. The number of carbonyl (C=O) groups is 2. The maximum Gasteiger partial charge on any atom is 0.328 e. The number of nitrogens with one attached hydrogen (secondary N) is 1. The van der Waals surface area contributed by atoms with Crippen LogP contribution in [0.3, 0.4) is 0 Å². The topological polar surface area (TPSA) is 55.4 Å². The van der Waals surface area contributed by atoms with Crippen LogP contribution in [0.15, 0.2) is 42.5 Å². The number of benzene rings is 2. The first-order valence-corrected chi connectivity index (χ1v) is 7.75. The Kier molecular flexibility index (Phi) is 6.22. The molecule has 25 heavy (non-hydrogen) atoms. The van der Waals surface area contributed by atoms with Crippen molar-refractivity contribution in [3.8, 4) is 0 Å². The number of aryl methyl sites for hydroxylation is 1. The fourth-order valence-electron chi connectivity index (χ4n) is 2.55. The van der Waals surface area contributed by atoms with Crippen molar-refractivity contribution in [3.05, 3.63) is 70.8 Å². The van der Waals surface area contributed by atoms with Gasteiger partial charge in [-0.2, -0.15) is 0 Å². The van der Waals surface area contributed by atoms with Crippen LogP contribution in [-0.4, -0.2) is 25.0 Å². The zero-order valence-corrected chi connectivity index (χ0v) is 14.0. The second kappa shape index (κ2) is 8.37. The third-order valence-electron chi connectivity index (χ3n) is 3.63. The van der Waals surface area contributed by atoms with Crippen LogP contribution in [0.2, 0.25) is 0 Å². The highest BCUT2D eigenvalue weighted by atomic mass is 19.1. The van der Waals surface area contributed by atoms with E-state index in [0.29, 0.717) is 0 Å². The molecule has 0 heterocycles. The van der Waals surface area contributed by atoms with Gasteiger partial charge in [-0.15, -0.1) is 0 Å². The summed E-state index contributed by atoms with van der Waals surface area (Å²) in [5.74, 6) is -2.62. The summed E-state index contributed by atoms with van der Waals surface area (Å²) in [4.78, 5) is 24.1. The van der Waals surface area contributed by atoms with Gasteiger partial charge in [0.25, 0.3) is 0 Å². The third kappa shape index (κ3) is 5.67. The van der Waals surface area contributed by atoms with Crippen molar-refractivity contribution in [2.45, 2.75) is 25.8 Å². The summed E-state index contributed by atoms with van der Waals surface area (Å²) < 4.78 is 31.1. The minimum atomic E-state index is -0.877. The molecule has 1 amide bonds. The highest BCUT2D eigenvalue weighted by Crippen LogP contribution is 2.10. The Morgan fingerprint density at radius 2 is 1.76 bits per heavy atom. The summed E-state index contributed by atoms with van der Waals surface area (Å²) in [7, 11) is 1.24. The Morgan fingerprint density at radius 3 is 2.36 bits per heavy atom. The molecule has 1 atom stereocenters. The number of ether oxygens (including phenoxy) is 1. The molecule has 2 aromatic carbocycles. The first-order chi connectivity index (χ1) is 11.9. The summed E-state index contributed by atoms with van der Waals surface area (Å²) >= 11 is 0. The average molecular weight is 347 g/mol. The largest absolute Gasteiger partial charge is 0.467 e. The van der Waals surface area contributed by atoms with E-state index in [1.807, 2.05) is 31.2 Å². The molecule has 2 rings (SSSR count). The zero-order valence-electron chi connectivity index (χ0n) is 14.0. The number of methoxy groups -OCH3 is 1. The van der Waals surface area contributed by atoms with Crippen molar-refractivity contribution in [3.63, 3.8) is 0 Å². The number of carbonyl (C=O) groups excluding carboxylic acids is 2. The molecule has 0 aliphatic heterocycles. The van der Waals surface area contributed by atoms with Crippen LogP contribution < -0.4 is 5.32 Å². The summed E-state index contributed by atoms with van der Waals surface area (Å²) in [6.45, 7) is 1.92. The molecule has 0 fully saturated rings. The van der Waals surface area contributed by atoms with Crippen LogP contribution in [0, 0.1) is 18.6 Å². The third-order valence-corrected chi connectivity index (χ3v) is 3.63. The van der Waals surface area contributed by atoms with E-state index >= 15 is 0 Å². The van der Waals surface area contributed by atoms with Gasteiger partial charge in [0.1, 0.15) is 17.7 Å². The molecule has 0 aliphatic rings. The lowest BCUT2D eigenvalue weighted by atomic mass is 10.0. The lowest BCUT2D eigenvalue weighted by Gasteiger charge is -2.17. The second-order valence-corrected chi connectivity index (χ2v) is 5.79. The lowest BCUT2D eigenvalue weighted by molar-refractivity contribution is -0.145. The first-order valence-electron chi connectivity index (χ1n) is 7.75. The number of hydrogen-bond donors (Lipinski definition) is 1. The molecular weight excluding hydrogens is 328 g/mol. The number of rotatable bonds is 6. The predicted molar refractivity (Wildman–Crippen MR) is 88.9 cm³/mol. The molecule has 4 nitrogen and oxygen atoms in total. The molecule has 0 saturated heterocycles. The Balaban J connectivity index is 2.08. The van der Waals surface area contributed by atoms with E-state index in [1.54, 1.807) is 0 Å². The Bertz CT molecular complexity index is 757. The number of amides is 1. The van der Waals surface area contributed by atoms with E-state index in [4.69, 9.17) is 4.74 Å². The van der Waals surface area contributed by atoms with Gasteiger partial charge in [-0.25, -0.2) is 13.6 Å². The van der Waals surface area contributed by atoms with Crippen LogP contribution in [0.1, 0.15) is 16.7 Å². The normalized spacial score (nSPS) is 11.7. The lowest BCUT2D eigenvalue weighted by Crippen LogP contribution is -2.43. The number of esters is 1. The fraction of sp³-hybridized carbons (Fsp3) is 0.263. The van der Waals surface area contributed by atoms with Crippen molar-refractivity contribution in [2.75, 3.05) is 7.11 Å². The van der Waals surface area contributed by atoms with E-state index < -0.39 is 29.6 Å². The van der Waals surface area contributed by atoms with Gasteiger partial charge in [0.05, 0.1) is 13.5 Å². The van der Waals surface area contributed by atoms with Crippen molar-refractivity contribution in [1.29, 1.82) is 0 Å². The van der Waals surface area contributed by atoms with Crippen molar-refractivity contribution >= 4 is 11.9 Å². The number of hydrogen-bond acceptors (Lipinski definition) is 3. The summed E-state index contributed by atoms with van der Waals surface area (Å²) in [6, 6.07) is 9.55. The molecule has 0 spiro atoms. The first kappa shape index (κ1) is 18.6. The van der Waals surface area contributed by atoms with Gasteiger partial charge in [-0.1, -0.05) is 29.8 Å². The quantitative estimate of drug-likeness (QED) is 0.818. The molecular formula is C19H19F2NO3. The molecule has 0 aliphatic carbocycles. The molecule has 0 saturated carbocycles. The molecule has 0 aromatic heterocycles. The standard InChI is InChI=1S/C19H19F2NO3/c1-12-4-3-5-13(6-12)9-17(19(24)25-2)22-18(23)10-14-7-15(20)11-16(21)8-14/h3-8,11,17H,9-10H2,1-2H3,(H,22,23)/t17-/m0/s1. The maximum atomic E-state index is 13.2. The van der Waals surface area contributed by atoms with Crippen molar-refractivity contribution in [2.24, 2.45) is 0 Å². The monoisotopic (exact) mass is 347 g/mol. The Labute approximate surface area is 144 Å². The molecule has 0 unspecified atom stereocenters. The van der Waals surface area contributed by atoms with E-state index in [1.165, 1.54) is 7.11 Å². The summed E-state index contributed by atoms with van der Waals surface area (Å²) in [5, 5.41) is 2.56. The zero-order chi connectivity index (χ0) is 18.4. The molecule has 6 heteroatoms. The van der Waals surface area contributed by atoms with Gasteiger partial charge in [-0.05, 0) is 30.2 Å². The van der Waals surface area contributed by atoms with E-state index in [2.05, 4.69) is 5.32 Å². The van der Waals surface area contributed by atoms with Gasteiger partial charge in [-0.3, -0.25) is 4.79 Å². The number of halogens is 2. The van der Waals surface area contributed by atoms with Crippen LogP contribution in [0.4, 0.5) is 8.78 Å². The minimum absolute atomic E-state index is 0.189. The highest BCUT2D eigenvalue weighted by Gasteiger charge is 2.22. The highest BCUT2D eigenvalue weighted by molar-refractivity contribution is 5.85. The van der Waals surface area contributed by atoms with Crippen LogP contribution >= 0.6 is 0 Å². The molecule has 0 radical (unpaired) electrons. The van der Waals surface area contributed by atoms with Gasteiger partial charge in [0.15, 0.2) is 0 Å². The Hall–Kier alpha value is -2.76. The van der Waals surface area contributed by atoms with Crippen LogP contribution in [0.25, 0.3) is 0 Å². The summed E-state index contributed by atoms with van der Waals surface area (Å²) in [5.41, 5.74) is 2.09. The van der Waals surface area contributed by atoms with Gasteiger partial charge >= 0.3 is 5.97 Å². The van der Waals surface area contributed by atoms with E-state index in [-0.39, 0.29) is 18.4 Å². The van der Waals surface area contributed by atoms with Crippen molar-refractivity contribution < 1.29 is 23.1 Å². The van der Waals surface area contributed by atoms with Gasteiger partial charge < -0.3 is 10.1 Å². The SMILES string of the molecule is COC(=O)[C@H](Cc1cccc(C)c1)NC(=O)Cc1cc(F)cc(F)c1. The Morgan fingerprint density at radius 1 is 1.08 bits per heavy atom. The van der Waals surface area contributed by atoms with E-state index in [9.17, 15) is 18.4 Å². The van der Waals surface area contributed by atoms with Gasteiger partial charge in [0, 0.05) is 12.5 Å². The minimum Gasteiger partial charge on any atom is -0.467 e. The molecule has 132 valence electrons. The average Bonchev–Trinajstić information content (AvgIpc) is 2.52. The van der Waals surface area contributed by atoms with E-state index in [0.717, 1.165) is 29.3 Å². The smallest absolute Gasteiger partial charge is 0.328 e. The second-order valence-electron chi connectivity index (χ2n) is 5.79. The van der Waals surface area contributed by atoms with Crippen LogP contribution in [-0.2, 0) is 27.2 Å². The molecule has 0 bridgehead atoms.